The Balaban J connectivity index is 2.14. The zero-order valence-corrected chi connectivity index (χ0v) is 10.2. The van der Waals surface area contributed by atoms with E-state index < -0.39 is 21.9 Å². The van der Waals surface area contributed by atoms with Gasteiger partial charge in [0.15, 0.2) is 9.84 Å². The topological polar surface area (TPSA) is 54.4 Å². The molecule has 0 aromatic heterocycles. The number of rotatable bonds is 2. The first-order valence-electron chi connectivity index (χ1n) is 5.61. The maximum Gasteiger partial charge on any atom is 0.150 e. The molecule has 3 nitrogen and oxygen atoms in total. The van der Waals surface area contributed by atoms with Gasteiger partial charge in [-0.05, 0) is 30.5 Å². The first kappa shape index (κ1) is 12.4. The fourth-order valence-electron chi connectivity index (χ4n) is 2.22. The lowest BCUT2D eigenvalue weighted by Gasteiger charge is -2.25. The molecule has 1 aliphatic rings. The average molecular weight is 258 g/mol. The Morgan fingerprint density at radius 3 is 2.53 bits per heavy atom. The second-order valence-corrected chi connectivity index (χ2v) is 6.74. The first-order chi connectivity index (χ1) is 7.98. The number of halogens is 1. The fourth-order valence-corrected chi connectivity index (χ4v) is 3.98. The molecule has 2 unspecified atom stereocenters. The Morgan fingerprint density at radius 1 is 1.29 bits per heavy atom. The third kappa shape index (κ3) is 2.97. The Kier molecular flexibility index (Phi) is 3.38. The van der Waals surface area contributed by atoms with Crippen LogP contribution in [0.3, 0.4) is 0 Å². The van der Waals surface area contributed by atoms with Gasteiger partial charge in [-0.1, -0.05) is 12.1 Å². The van der Waals surface area contributed by atoms with Crippen LogP contribution >= 0.6 is 0 Å². The molecule has 0 saturated carbocycles. The number of benzene rings is 1. The lowest BCUT2D eigenvalue weighted by Crippen LogP contribution is -2.28. The number of alkyl halides is 1. The van der Waals surface area contributed by atoms with E-state index in [1.54, 1.807) is 0 Å². The summed E-state index contributed by atoms with van der Waals surface area (Å²) in [5, 5.41) is 9.11. The van der Waals surface area contributed by atoms with Crippen molar-refractivity contribution in [3.05, 3.63) is 29.8 Å². The summed E-state index contributed by atoms with van der Waals surface area (Å²) in [6.07, 6.45) is -0.141. The highest BCUT2D eigenvalue weighted by Gasteiger charge is 2.31. The van der Waals surface area contributed by atoms with Crippen LogP contribution in [-0.2, 0) is 9.84 Å². The van der Waals surface area contributed by atoms with Gasteiger partial charge >= 0.3 is 0 Å². The van der Waals surface area contributed by atoms with Crippen molar-refractivity contribution in [3.8, 4) is 5.75 Å². The number of sulfone groups is 1. The Hall–Kier alpha value is -1.10. The van der Waals surface area contributed by atoms with Crippen LogP contribution in [0.4, 0.5) is 4.39 Å². The number of hydrogen-bond donors (Lipinski definition) is 1. The van der Waals surface area contributed by atoms with E-state index in [0.29, 0.717) is 18.4 Å². The lowest BCUT2D eigenvalue weighted by atomic mass is 9.94. The van der Waals surface area contributed by atoms with Crippen molar-refractivity contribution in [2.45, 2.75) is 19.0 Å². The predicted molar refractivity (Wildman–Crippen MR) is 63.3 cm³/mol. The van der Waals surface area contributed by atoms with Gasteiger partial charge < -0.3 is 5.11 Å². The van der Waals surface area contributed by atoms with E-state index in [9.17, 15) is 12.8 Å². The summed E-state index contributed by atoms with van der Waals surface area (Å²) in [5.74, 6) is -0.281. The highest BCUT2D eigenvalue weighted by molar-refractivity contribution is 7.91. The Labute approximate surface area is 100 Å². The molecule has 1 saturated heterocycles. The first-order valence-corrected chi connectivity index (χ1v) is 7.43. The maximum absolute atomic E-state index is 14.1. The van der Waals surface area contributed by atoms with Gasteiger partial charge in [0.25, 0.3) is 0 Å². The molecule has 1 N–H and O–H groups in total. The van der Waals surface area contributed by atoms with Crippen LogP contribution in [0.15, 0.2) is 24.3 Å². The van der Waals surface area contributed by atoms with E-state index in [2.05, 4.69) is 0 Å². The van der Waals surface area contributed by atoms with E-state index in [1.807, 2.05) is 0 Å². The van der Waals surface area contributed by atoms with Gasteiger partial charge in [-0.3, -0.25) is 0 Å². The zero-order valence-electron chi connectivity index (χ0n) is 9.34. The summed E-state index contributed by atoms with van der Waals surface area (Å²) in [5.41, 5.74) is 0.435. The van der Waals surface area contributed by atoms with Crippen LogP contribution in [0.25, 0.3) is 0 Å². The third-order valence-electron chi connectivity index (χ3n) is 3.12. The molecule has 17 heavy (non-hydrogen) atoms. The molecule has 0 aliphatic carbocycles. The van der Waals surface area contributed by atoms with E-state index in [1.165, 1.54) is 24.3 Å². The molecule has 2 atom stereocenters. The van der Waals surface area contributed by atoms with E-state index in [4.69, 9.17) is 5.11 Å². The van der Waals surface area contributed by atoms with Gasteiger partial charge in [0.1, 0.15) is 11.9 Å². The minimum absolute atomic E-state index is 0.0744. The Morgan fingerprint density at radius 2 is 1.94 bits per heavy atom. The van der Waals surface area contributed by atoms with Gasteiger partial charge in [0.2, 0.25) is 0 Å². The molecule has 1 fully saturated rings. The second-order valence-electron chi connectivity index (χ2n) is 4.51. The number of aromatic hydroxyl groups is 1. The number of phenolic OH excluding ortho intramolecular Hbond substituents is 1. The molecule has 2 rings (SSSR count). The van der Waals surface area contributed by atoms with E-state index >= 15 is 0 Å². The molecule has 1 aliphatic heterocycles. The summed E-state index contributed by atoms with van der Waals surface area (Å²) >= 11 is 0. The second kappa shape index (κ2) is 4.64. The number of hydrogen-bond acceptors (Lipinski definition) is 3. The largest absolute Gasteiger partial charge is 0.508 e. The smallest absolute Gasteiger partial charge is 0.150 e. The van der Waals surface area contributed by atoms with E-state index in [0.717, 1.165) is 0 Å². The van der Waals surface area contributed by atoms with Crippen LogP contribution in [0, 0.1) is 5.92 Å². The highest BCUT2D eigenvalue weighted by Crippen LogP contribution is 2.34. The average Bonchev–Trinajstić information content (AvgIpc) is 2.28. The van der Waals surface area contributed by atoms with Crippen molar-refractivity contribution in [1.29, 1.82) is 0 Å². The summed E-state index contributed by atoms with van der Waals surface area (Å²) in [6, 6.07) is 5.83. The predicted octanol–water partition coefficient (Wildman–Crippen LogP) is 2.23. The summed E-state index contributed by atoms with van der Waals surface area (Å²) in [4.78, 5) is 0. The molecule has 0 amide bonds. The molecule has 0 spiro atoms. The van der Waals surface area contributed by atoms with Crippen molar-refractivity contribution in [2.75, 3.05) is 11.5 Å². The summed E-state index contributed by atoms with van der Waals surface area (Å²) < 4.78 is 37.0. The molecule has 0 radical (unpaired) electrons. The van der Waals surface area contributed by atoms with E-state index in [-0.39, 0.29) is 17.3 Å². The molecule has 0 bridgehead atoms. The SMILES string of the molecule is O=S1(=O)CCCC(C(F)c2ccc(O)cc2)C1. The molecule has 94 valence electrons. The van der Waals surface area contributed by atoms with Crippen LogP contribution < -0.4 is 0 Å². The minimum atomic E-state index is -3.08. The van der Waals surface area contributed by atoms with Crippen molar-refractivity contribution < 1.29 is 17.9 Å². The van der Waals surface area contributed by atoms with Gasteiger partial charge in [-0.2, -0.15) is 0 Å². The normalized spacial score (nSPS) is 25.4. The van der Waals surface area contributed by atoms with Crippen molar-refractivity contribution >= 4 is 9.84 Å². The maximum atomic E-state index is 14.1. The summed E-state index contributed by atoms with van der Waals surface area (Å²) in [7, 11) is -3.08. The number of phenols is 1. The standard InChI is InChI=1S/C12H15FO3S/c13-12(9-3-5-11(14)6-4-9)10-2-1-7-17(15,16)8-10/h3-6,10,12,14H,1-2,7-8H2. The molecular weight excluding hydrogens is 243 g/mol. The van der Waals surface area contributed by atoms with Gasteiger partial charge in [-0.15, -0.1) is 0 Å². The molecule has 5 heteroatoms. The van der Waals surface area contributed by atoms with Crippen LogP contribution in [-0.4, -0.2) is 25.0 Å². The molecule has 1 aromatic carbocycles. The third-order valence-corrected chi connectivity index (χ3v) is 4.97. The van der Waals surface area contributed by atoms with Gasteiger partial charge in [-0.25, -0.2) is 12.8 Å². The molecular formula is C12H15FO3S. The monoisotopic (exact) mass is 258 g/mol. The zero-order chi connectivity index (χ0) is 12.5. The van der Waals surface area contributed by atoms with Crippen molar-refractivity contribution in [3.63, 3.8) is 0 Å². The Bertz CT molecular complexity index is 481. The van der Waals surface area contributed by atoms with Crippen molar-refractivity contribution in [1.82, 2.24) is 0 Å². The van der Waals surface area contributed by atoms with Gasteiger partial charge in [0, 0.05) is 5.92 Å². The minimum Gasteiger partial charge on any atom is -0.508 e. The highest BCUT2D eigenvalue weighted by atomic mass is 32.2. The van der Waals surface area contributed by atoms with Crippen molar-refractivity contribution in [2.24, 2.45) is 5.92 Å². The lowest BCUT2D eigenvalue weighted by molar-refractivity contribution is 0.232. The van der Waals surface area contributed by atoms with Crippen LogP contribution in [0.1, 0.15) is 24.6 Å². The molecule has 1 aromatic rings. The van der Waals surface area contributed by atoms with Gasteiger partial charge in [0.05, 0.1) is 11.5 Å². The van der Waals surface area contributed by atoms with Crippen LogP contribution in [0.2, 0.25) is 0 Å². The summed E-state index contributed by atoms with van der Waals surface area (Å²) in [6.45, 7) is 0. The quantitative estimate of drug-likeness (QED) is 0.885. The van der Waals surface area contributed by atoms with Crippen LogP contribution in [0.5, 0.6) is 5.75 Å². The fraction of sp³-hybridized carbons (Fsp3) is 0.500. The molecule has 1 heterocycles.